The minimum absolute atomic E-state index is 0.0154. The van der Waals surface area contributed by atoms with Gasteiger partial charge in [-0.1, -0.05) is 42.3 Å². The fourth-order valence-electron chi connectivity index (χ4n) is 4.36. The van der Waals surface area contributed by atoms with Crippen molar-refractivity contribution in [2.75, 3.05) is 26.4 Å². The minimum Gasteiger partial charge on any atom is -0.454 e. The van der Waals surface area contributed by atoms with Gasteiger partial charge in [0.1, 0.15) is 0 Å². The van der Waals surface area contributed by atoms with Gasteiger partial charge in [-0.3, -0.25) is 9.69 Å². The van der Waals surface area contributed by atoms with Gasteiger partial charge in [-0.15, -0.1) is 0 Å². The van der Waals surface area contributed by atoms with E-state index in [0.717, 1.165) is 48.5 Å². The van der Waals surface area contributed by atoms with Crippen LogP contribution in [0.1, 0.15) is 42.9 Å². The highest BCUT2D eigenvalue weighted by Gasteiger charge is 2.35. The van der Waals surface area contributed by atoms with Crippen molar-refractivity contribution in [3.05, 3.63) is 58.6 Å². The number of carbonyl (C=O) groups excluding carboxylic acids is 1. The number of amides is 1. The largest absolute Gasteiger partial charge is 0.454 e. The molecule has 1 fully saturated rings. The normalized spacial score (nSPS) is 21.0. The third-order valence-corrected chi connectivity index (χ3v) is 6.27. The van der Waals surface area contributed by atoms with E-state index in [2.05, 4.69) is 4.90 Å². The Balaban J connectivity index is 1.45. The number of piperidine rings is 1. The van der Waals surface area contributed by atoms with Gasteiger partial charge in [-0.2, -0.15) is 5.10 Å². The fourth-order valence-corrected chi connectivity index (χ4v) is 4.60. The lowest BCUT2D eigenvalue weighted by atomic mass is 9.98. The van der Waals surface area contributed by atoms with E-state index in [-0.39, 0.29) is 18.7 Å². The number of hydrogen-bond acceptors (Lipinski definition) is 5. The first kappa shape index (κ1) is 19.4. The lowest BCUT2D eigenvalue weighted by Crippen LogP contribution is -2.40. The summed E-state index contributed by atoms with van der Waals surface area (Å²) in [5.41, 5.74) is 2.69. The highest BCUT2D eigenvalue weighted by atomic mass is 35.5. The Kier molecular flexibility index (Phi) is 5.35. The van der Waals surface area contributed by atoms with Crippen LogP contribution in [0.4, 0.5) is 0 Å². The molecule has 0 spiro atoms. The van der Waals surface area contributed by atoms with Crippen molar-refractivity contribution in [1.82, 2.24) is 9.91 Å². The zero-order valence-electron chi connectivity index (χ0n) is 16.7. The second-order valence-electron chi connectivity index (χ2n) is 7.93. The number of hydrazone groups is 1. The molecule has 3 aliphatic heterocycles. The maximum Gasteiger partial charge on any atom is 0.257 e. The summed E-state index contributed by atoms with van der Waals surface area (Å²) < 4.78 is 11.0. The molecule has 6 nitrogen and oxygen atoms in total. The number of rotatable bonds is 4. The molecular weight excluding hydrogens is 402 g/mol. The summed E-state index contributed by atoms with van der Waals surface area (Å²) in [6, 6.07) is 13.3. The van der Waals surface area contributed by atoms with Crippen molar-refractivity contribution < 1.29 is 14.3 Å². The average molecular weight is 426 g/mol. The molecule has 2 aromatic rings. The predicted octanol–water partition coefficient (Wildman–Crippen LogP) is 4.23. The first-order chi connectivity index (χ1) is 14.7. The maximum absolute atomic E-state index is 13.3. The van der Waals surface area contributed by atoms with Crippen molar-refractivity contribution in [3.63, 3.8) is 0 Å². The quantitative estimate of drug-likeness (QED) is 0.735. The second kappa shape index (κ2) is 8.28. The second-order valence-corrected chi connectivity index (χ2v) is 8.34. The highest BCUT2D eigenvalue weighted by molar-refractivity contribution is 6.34. The van der Waals surface area contributed by atoms with Gasteiger partial charge >= 0.3 is 0 Å². The summed E-state index contributed by atoms with van der Waals surface area (Å²) in [7, 11) is 0. The summed E-state index contributed by atoms with van der Waals surface area (Å²) >= 11 is 6.43. The van der Waals surface area contributed by atoms with Crippen LogP contribution in [-0.2, 0) is 4.79 Å². The molecule has 0 bridgehead atoms. The van der Waals surface area contributed by atoms with Gasteiger partial charge < -0.3 is 9.47 Å². The Hall–Kier alpha value is -2.57. The summed E-state index contributed by atoms with van der Waals surface area (Å²) in [6.45, 7) is 2.55. The van der Waals surface area contributed by atoms with E-state index in [1.54, 1.807) is 5.01 Å². The van der Waals surface area contributed by atoms with Gasteiger partial charge in [0, 0.05) is 17.0 Å². The topological polar surface area (TPSA) is 54.4 Å². The number of ether oxygens (including phenoxy) is 2. The molecule has 3 heterocycles. The Morgan fingerprint density at radius 3 is 2.70 bits per heavy atom. The van der Waals surface area contributed by atoms with Crippen LogP contribution in [0.15, 0.2) is 47.6 Å². The van der Waals surface area contributed by atoms with Crippen molar-refractivity contribution >= 4 is 23.2 Å². The molecule has 0 radical (unpaired) electrons. The summed E-state index contributed by atoms with van der Waals surface area (Å²) in [6.07, 6.45) is 4.14. The Morgan fingerprint density at radius 2 is 1.87 bits per heavy atom. The minimum atomic E-state index is -0.192. The molecular formula is C23H24ClN3O3. The summed E-state index contributed by atoms with van der Waals surface area (Å²) in [4.78, 5) is 15.5. The van der Waals surface area contributed by atoms with Gasteiger partial charge in [0.05, 0.1) is 18.3 Å². The lowest BCUT2D eigenvalue weighted by molar-refractivity contribution is -0.134. The number of nitrogens with zero attached hydrogens (tertiary/aromatic N) is 3. The van der Waals surface area contributed by atoms with Crippen LogP contribution < -0.4 is 9.47 Å². The zero-order chi connectivity index (χ0) is 20.5. The Bertz CT molecular complexity index is 987. The van der Waals surface area contributed by atoms with Crippen LogP contribution in [-0.4, -0.2) is 48.0 Å². The lowest BCUT2D eigenvalue weighted by Gasteiger charge is -2.29. The third kappa shape index (κ3) is 3.77. The van der Waals surface area contributed by atoms with Gasteiger partial charge in [0.2, 0.25) is 6.79 Å². The molecule has 7 heteroatoms. The SMILES string of the molecule is O=C(CN1CCCCC1)N1N=C(c2ccccc2Cl)C[C@@H]1c1ccc2c(c1)OCO2. The van der Waals surface area contributed by atoms with E-state index in [1.165, 1.54) is 6.42 Å². The van der Waals surface area contributed by atoms with Crippen LogP contribution in [0.3, 0.4) is 0 Å². The first-order valence-corrected chi connectivity index (χ1v) is 10.8. The molecule has 30 heavy (non-hydrogen) atoms. The van der Waals surface area contributed by atoms with E-state index < -0.39 is 0 Å². The number of fused-ring (bicyclic) bond motifs is 1. The zero-order valence-corrected chi connectivity index (χ0v) is 17.5. The van der Waals surface area contributed by atoms with Crippen molar-refractivity contribution in [2.24, 2.45) is 5.10 Å². The highest BCUT2D eigenvalue weighted by Crippen LogP contribution is 2.39. The summed E-state index contributed by atoms with van der Waals surface area (Å²) in [5.74, 6) is 1.46. The van der Waals surface area contributed by atoms with E-state index >= 15 is 0 Å². The fraction of sp³-hybridized carbons (Fsp3) is 0.391. The number of carbonyl (C=O) groups is 1. The molecule has 5 rings (SSSR count). The number of hydrogen-bond donors (Lipinski definition) is 0. The van der Waals surface area contributed by atoms with Crippen molar-refractivity contribution in [2.45, 2.75) is 31.7 Å². The Labute approximate surface area is 181 Å². The van der Waals surface area contributed by atoms with Gasteiger partial charge in [-0.05, 0) is 49.7 Å². The molecule has 3 aliphatic rings. The van der Waals surface area contributed by atoms with Gasteiger partial charge in [-0.25, -0.2) is 5.01 Å². The molecule has 2 aromatic carbocycles. The van der Waals surface area contributed by atoms with E-state index in [4.69, 9.17) is 26.2 Å². The van der Waals surface area contributed by atoms with Gasteiger partial charge in [0.15, 0.2) is 11.5 Å². The molecule has 0 saturated carbocycles. The van der Waals surface area contributed by atoms with E-state index in [1.807, 2.05) is 42.5 Å². The van der Waals surface area contributed by atoms with Crippen molar-refractivity contribution in [1.29, 1.82) is 0 Å². The monoisotopic (exact) mass is 425 g/mol. The molecule has 0 unspecified atom stereocenters. The molecule has 0 aliphatic carbocycles. The van der Waals surface area contributed by atoms with E-state index in [9.17, 15) is 4.79 Å². The van der Waals surface area contributed by atoms with Crippen LogP contribution in [0.25, 0.3) is 0 Å². The maximum atomic E-state index is 13.3. The number of halogens is 1. The van der Waals surface area contributed by atoms with Crippen LogP contribution in [0.2, 0.25) is 5.02 Å². The van der Waals surface area contributed by atoms with Gasteiger partial charge in [0.25, 0.3) is 5.91 Å². The third-order valence-electron chi connectivity index (χ3n) is 5.94. The molecule has 0 aromatic heterocycles. The summed E-state index contributed by atoms with van der Waals surface area (Å²) in [5, 5.41) is 7.04. The first-order valence-electron chi connectivity index (χ1n) is 10.5. The van der Waals surface area contributed by atoms with Crippen LogP contribution in [0.5, 0.6) is 11.5 Å². The van der Waals surface area contributed by atoms with Crippen LogP contribution >= 0.6 is 11.6 Å². The molecule has 1 atom stereocenters. The standard InChI is InChI=1S/C23H24ClN3O3/c24-18-7-3-2-6-17(18)19-13-20(16-8-9-21-22(12-16)30-15-29-21)27(25-19)23(28)14-26-10-4-1-5-11-26/h2-3,6-9,12,20H,1,4-5,10-11,13-15H2/t20-/m1/s1. The Morgan fingerprint density at radius 1 is 1.07 bits per heavy atom. The number of likely N-dealkylation sites (tertiary alicyclic amines) is 1. The predicted molar refractivity (Wildman–Crippen MR) is 115 cm³/mol. The van der Waals surface area contributed by atoms with Crippen molar-refractivity contribution in [3.8, 4) is 11.5 Å². The molecule has 0 N–H and O–H groups in total. The molecule has 1 saturated heterocycles. The smallest absolute Gasteiger partial charge is 0.257 e. The molecule has 156 valence electrons. The van der Waals surface area contributed by atoms with Crippen LogP contribution in [0, 0.1) is 0 Å². The van der Waals surface area contributed by atoms with E-state index in [0.29, 0.717) is 23.7 Å². The molecule has 1 amide bonds. The number of benzene rings is 2. The average Bonchev–Trinajstić information content (AvgIpc) is 3.41.